The van der Waals surface area contributed by atoms with Gasteiger partial charge in [0.2, 0.25) is 0 Å². The summed E-state index contributed by atoms with van der Waals surface area (Å²) in [6.07, 6.45) is 7.04. The lowest BCUT2D eigenvalue weighted by Crippen LogP contribution is -2.53. The molecule has 0 saturated heterocycles. The summed E-state index contributed by atoms with van der Waals surface area (Å²) < 4.78 is 0. The highest BCUT2D eigenvalue weighted by molar-refractivity contribution is 5.74. The van der Waals surface area contributed by atoms with E-state index in [1.165, 1.54) is 45.4 Å². The summed E-state index contributed by atoms with van der Waals surface area (Å²) in [5.41, 5.74) is 0. The fourth-order valence-corrected chi connectivity index (χ4v) is 2.50. The number of rotatable bonds is 15. The van der Waals surface area contributed by atoms with Crippen LogP contribution in [-0.4, -0.2) is 58.7 Å². The second kappa shape index (κ2) is 13.7. The minimum absolute atomic E-state index is 0.226. The van der Waals surface area contributed by atoms with Crippen molar-refractivity contribution in [2.75, 3.05) is 13.1 Å². The third-order valence-corrected chi connectivity index (χ3v) is 4.08. The molecule has 0 bridgehead atoms. The summed E-state index contributed by atoms with van der Waals surface area (Å²) in [4.78, 5) is 11.0. The van der Waals surface area contributed by atoms with Gasteiger partial charge in [-0.15, -0.1) is 0 Å². The van der Waals surface area contributed by atoms with E-state index in [9.17, 15) is 15.0 Å². The van der Waals surface area contributed by atoms with E-state index in [1.807, 2.05) is 0 Å². The van der Waals surface area contributed by atoms with Crippen molar-refractivity contribution >= 4 is 5.97 Å². The van der Waals surface area contributed by atoms with E-state index in [0.717, 1.165) is 13.0 Å². The fraction of sp³-hybridized carbons (Fsp3) is 0.941. The summed E-state index contributed by atoms with van der Waals surface area (Å²) in [5.74, 6) is -1.09. The molecule has 0 aliphatic heterocycles. The maximum Gasteiger partial charge on any atom is 0.323 e. The first-order valence-corrected chi connectivity index (χ1v) is 8.95. The number of hydrogen-bond donors (Lipinski definition) is 5. The van der Waals surface area contributed by atoms with Crippen LogP contribution in [0, 0.1) is 0 Å². The molecular formula is C17H36N2O4. The molecule has 0 aliphatic rings. The molecule has 6 nitrogen and oxygen atoms in total. The van der Waals surface area contributed by atoms with Gasteiger partial charge in [0, 0.05) is 12.6 Å². The number of hydrogen-bond acceptors (Lipinski definition) is 5. The Morgan fingerprint density at radius 1 is 0.913 bits per heavy atom. The van der Waals surface area contributed by atoms with Crippen molar-refractivity contribution in [3.05, 3.63) is 0 Å². The van der Waals surface area contributed by atoms with Crippen molar-refractivity contribution < 1.29 is 20.1 Å². The molecule has 0 amide bonds. The minimum Gasteiger partial charge on any atom is -0.480 e. The Kier molecular flexibility index (Phi) is 13.3. The van der Waals surface area contributed by atoms with Crippen LogP contribution in [0.4, 0.5) is 0 Å². The van der Waals surface area contributed by atoms with E-state index in [1.54, 1.807) is 6.92 Å². The van der Waals surface area contributed by atoms with Crippen LogP contribution in [0.15, 0.2) is 0 Å². The molecule has 0 radical (unpaired) electrons. The average molecular weight is 332 g/mol. The van der Waals surface area contributed by atoms with E-state index >= 15 is 0 Å². The van der Waals surface area contributed by atoms with Crippen LogP contribution in [0.5, 0.6) is 0 Å². The predicted molar refractivity (Wildman–Crippen MR) is 92.6 cm³/mol. The highest BCUT2D eigenvalue weighted by Crippen LogP contribution is 2.06. The summed E-state index contributed by atoms with van der Waals surface area (Å²) in [6, 6.07) is -1.24. The molecule has 4 unspecified atom stereocenters. The number of carboxylic acids is 1. The van der Waals surface area contributed by atoms with Crippen LogP contribution in [0.3, 0.4) is 0 Å². The topological polar surface area (TPSA) is 102 Å². The third-order valence-electron chi connectivity index (χ3n) is 4.08. The third kappa shape index (κ3) is 11.5. The molecule has 6 heteroatoms. The molecule has 0 saturated carbocycles. The lowest BCUT2D eigenvalue weighted by molar-refractivity contribution is -0.142. The fourth-order valence-electron chi connectivity index (χ4n) is 2.50. The smallest absolute Gasteiger partial charge is 0.323 e. The monoisotopic (exact) mass is 332 g/mol. The van der Waals surface area contributed by atoms with E-state index in [-0.39, 0.29) is 6.04 Å². The zero-order valence-corrected chi connectivity index (χ0v) is 14.9. The maximum atomic E-state index is 11.0. The van der Waals surface area contributed by atoms with Crippen LogP contribution in [0.25, 0.3) is 0 Å². The van der Waals surface area contributed by atoms with Gasteiger partial charge >= 0.3 is 5.97 Å². The van der Waals surface area contributed by atoms with Crippen molar-refractivity contribution in [3.63, 3.8) is 0 Å². The van der Waals surface area contributed by atoms with Gasteiger partial charge in [-0.05, 0) is 26.8 Å². The van der Waals surface area contributed by atoms with Gasteiger partial charge in [0.05, 0.1) is 12.2 Å². The van der Waals surface area contributed by atoms with Crippen LogP contribution < -0.4 is 10.6 Å². The van der Waals surface area contributed by atoms with Crippen molar-refractivity contribution in [1.29, 1.82) is 0 Å². The summed E-state index contributed by atoms with van der Waals surface area (Å²) in [7, 11) is 0. The lowest BCUT2D eigenvalue weighted by atomic mass is 10.1. The van der Waals surface area contributed by atoms with Crippen molar-refractivity contribution in [1.82, 2.24) is 10.6 Å². The second-order valence-corrected chi connectivity index (χ2v) is 6.39. The molecule has 0 aromatic rings. The number of aliphatic carboxylic acids is 1. The molecule has 138 valence electrons. The first kappa shape index (κ1) is 22.3. The standard InChI is InChI=1S/C17H36N2O4/c1-4-5-6-7-8-9-10-11-18-15(13(2)20)12-19-16(14(3)21)17(22)23/h13-16,18-21H,4-12H2,1-3H3,(H,22,23). The summed E-state index contributed by atoms with van der Waals surface area (Å²) in [6.45, 7) is 6.44. The first-order chi connectivity index (χ1) is 10.9. The Hall–Kier alpha value is -0.690. The Morgan fingerprint density at radius 2 is 1.48 bits per heavy atom. The first-order valence-electron chi connectivity index (χ1n) is 8.95. The molecule has 0 aromatic heterocycles. The maximum absolute atomic E-state index is 11.0. The SMILES string of the molecule is CCCCCCCCCNC(CNC(C(=O)O)C(C)O)C(C)O. The number of nitrogens with one attached hydrogen (secondary N) is 2. The lowest BCUT2D eigenvalue weighted by Gasteiger charge is -2.25. The van der Waals surface area contributed by atoms with Gasteiger partial charge in [-0.2, -0.15) is 0 Å². The summed E-state index contributed by atoms with van der Waals surface area (Å²) in [5, 5.41) is 34.3. The second-order valence-electron chi connectivity index (χ2n) is 6.39. The molecule has 23 heavy (non-hydrogen) atoms. The van der Waals surface area contributed by atoms with Gasteiger partial charge in [-0.1, -0.05) is 45.4 Å². The molecule has 0 spiro atoms. The van der Waals surface area contributed by atoms with Crippen molar-refractivity contribution in [2.24, 2.45) is 0 Å². The highest BCUT2D eigenvalue weighted by atomic mass is 16.4. The van der Waals surface area contributed by atoms with Crippen molar-refractivity contribution in [3.8, 4) is 0 Å². The van der Waals surface area contributed by atoms with E-state index in [2.05, 4.69) is 17.6 Å². The molecule has 5 N–H and O–H groups in total. The molecule has 0 fully saturated rings. The van der Waals surface area contributed by atoms with Gasteiger partial charge in [0.25, 0.3) is 0 Å². The van der Waals surface area contributed by atoms with Gasteiger partial charge in [0.1, 0.15) is 6.04 Å². The van der Waals surface area contributed by atoms with Crippen LogP contribution >= 0.6 is 0 Å². The largest absolute Gasteiger partial charge is 0.480 e. The number of carbonyl (C=O) groups is 1. The summed E-state index contributed by atoms with van der Waals surface area (Å²) >= 11 is 0. The zero-order chi connectivity index (χ0) is 17.7. The van der Waals surface area contributed by atoms with Crippen molar-refractivity contribution in [2.45, 2.75) is 90.0 Å². The van der Waals surface area contributed by atoms with E-state index in [0.29, 0.717) is 6.54 Å². The number of aliphatic hydroxyl groups excluding tert-OH is 2. The van der Waals surface area contributed by atoms with Crippen LogP contribution in [-0.2, 0) is 4.79 Å². The van der Waals surface area contributed by atoms with E-state index in [4.69, 9.17) is 5.11 Å². The average Bonchev–Trinajstić information content (AvgIpc) is 2.47. The molecule has 0 heterocycles. The predicted octanol–water partition coefficient (Wildman–Crippen LogP) is 1.50. The molecular weight excluding hydrogens is 296 g/mol. The molecule has 0 aromatic carbocycles. The Morgan fingerprint density at radius 3 is 1.96 bits per heavy atom. The Balaban J connectivity index is 3.92. The Labute approximate surface area is 140 Å². The van der Waals surface area contributed by atoms with Crippen LogP contribution in [0.2, 0.25) is 0 Å². The molecule has 0 aliphatic carbocycles. The van der Waals surface area contributed by atoms with Gasteiger partial charge < -0.3 is 26.0 Å². The highest BCUT2D eigenvalue weighted by Gasteiger charge is 2.24. The number of carboxylic acid groups (broad SMARTS) is 1. The van der Waals surface area contributed by atoms with Gasteiger partial charge in [-0.25, -0.2) is 0 Å². The normalized spacial score (nSPS) is 16.7. The van der Waals surface area contributed by atoms with Gasteiger partial charge in [-0.3, -0.25) is 4.79 Å². The number of unbranched alkanes of at least 4 members (excludes halogenated alkanes) is 6. The van der Waals surface area contributed by atoms with E-state index < -0.39 is 24.2 Å². The molecule has 0 rings (SSSR count). The minimum atomic E-state index is -1.09. The van der Waals surface area contributed by atoms with Crippen LogP contribution in [0.1, 0.15) is 65.7 Å². The van der Waals surface area contributed by atoms with Gasteiger partial charge in [0.15, 0.2) is 0 Å². The quantitative estimate of drug-likeness (QED) is 0.291. The Bertz CT molecular complexity index is 298. The molecule has 4 atom stereocenters. The zero-order valence-electron chi connectivity index (χ0n) is 14.9. The number of aliphatic hydroxyl groups is 2.